The first kappa shape index (κ1) is 19.9. The van der Waals surface area contributed by atoms with Gasteiger partial charge in [0.2, 0.25) is 0 Å². The summed E-state index contributed by atoms with van der Waals surface area (Å²) >= 11 is 1.31. The van der Waals surface area contributed by atoms with Gasteiger partial charge in [-0.25, -0.2) is 4.79 Å². The van der Waals surface area contributed by atoms with Gasteiger partial charge in [0.05, 0.1) is 11.3 Å². The second-order valence-corrected chi connectivity index (χ2v) is 7.49. The van der Waals surface area contributed by atoms with Crippen LogP contribution in [-0.2, 0) is 25.7 Å². The van der Waals surface area contributed by atoms with Crippen LogP contribution in [0.4, 0.5) is 0 Å². The Kier molecular flexibility index (Phi) is 5.45. The first-order chi connectivity index (χ1) is 13.2. The van der Waals surface area contributed by atoms with Crippen LogP contribution in [0.2, 0.25) is 0 Å². The molecule has 0 aromatic carbocycles. The number of hydrogen-bond donors (Lipinski definition) is 2. The Bertz CT molecular complexity index is 892. The summed E-state index contributed by atoms with van der Waals surface area (Å²) < 4.78 is 6.52. The number of nitrogens with one attached hydrogen (secondary N) is 1. The molecule has 28 heavy (non-hydrogen) atoms. The SMILES string of the molecule is CCn1cc(C(=O)N[C@@H]2C(=O)N3C(C(=O)O)=C(COC(C)=O)CS[C@H]23)c(C)n1. The van der Waals surface area contributed by atoms with E-state index in [2.05, 4.69) is 10.4 Å². The van der Waals surface area contributed by atoms with E-state index in [1.165, 1.54) is 18.7 Å². The minimum Gasteiger partial charge on any atom is -0.477 e. The number of rotatable bonds is 6. The first-order valence-electron chi connectivity index (χ1n) is 8.62. The third-order valence-electron chi connectivity index (χ3n) is 4.50. The van der Waals surface area contributed by atoms with Crippen LogP contribution < -0.4 is 5.32 Å². The molecule has 11 heteroatoms. The van der Waals surface area contributed by atoms with Gasteiger partial charge >= 0.3 is 11.9 Å². The van der Waals surface area contributed by atoms with Crippen LogP contribution in [-0.4, -0.2) is 67.3 Å². The normalized spacial score (nSPS) is 21.1. The number of esters is 1. The minimum atomic E-state index is -1.27. The topological polar surface area (TPSA) is 131 Å². The van der Waals surface area contributed by atoms with Crippen molar-refractivity contribution in [2.75, 3.05) is 12.4 Å². The molecule has 1 aromatic heterocycles. The second kappa shape index (κ2) is 7.66. The van der Waals surface area contributed by atoms with Crippen LogP contribution in [0.5, 0.6) is 0 Å². The first-order valence-corrected chi connectivity index (χ1v) is 9.67. The van der Waals surface area contributed by atoms with Gasteiger partial charge in [-0.15, -0.1) is 11.8 Å². The van der Waals surface area contributed by atoms with Crippen molar-refractivity contribution in [3.63, 3.8) is 0 Å². The molecule has 2 aliphatic heterocycles. The highest BCUT2D eigenvalue weighted by Crippen LogP contribution is 2.40. The molecule has 1 aromatic rings. The van der Waals surface area contributed by atoms with Crippen LogP contribution in [0.15, 0.2) is 17.5 Å². The third-order valence-corrected chi connectivity index (χ3v) is 5.84. The number of fused-ring (bicyclic) bond motifs is 1. The van der Waals surface area contributed by atoms with Gasteiger partial charge < -0.3 is 15.2 Å². The monoisotopic (exact) mass is 408 g/mol. The van der Waals surface area contributed by atoms with Crippen LogP contribution >= 0.6 is 11.8 Å². The maximum Gasteiger partial charge on any atom is 0.352 e. The fourth-order valence-electron chi connectivity index (χ4n) is 3.10. The van der Waals surface area contributed by atoms with E-state index in [1.807, 2.05) is 6.92 Å². The summed E-state index contributed by atoms with van der Waals surface area (Å²) in [7, 11) is 0. The molecule has 10 nitrogen and oxygen atoms in total. The Morgan fingerprint density at radius 1 is 1.43 bits per heavy atom. The number of hydrogen-bond acceptors (Lipinski definition) is 7. The zero-order valence-corrected chi connectivity index (χ0v) is 16.4. The molecule has 2 amide bonds. The number of aromatic nitrogens is 2. The minimum absolute atomic E-state index is 0.185. The molecular weight excluding hydrogens is 388 g/mol. The predicted octanol–water partition coefficient (Wildman–Crippen LogP) is 0.127. The van der Waals surface area contributed by atoms with Crippen molar-refractivity contribution < 1.29 is 29.0 Å². The number of nitrogens with zero attached hydrogens (tertiary/aromatic N) is 3. The Morgan fingerprint density at radius 3 is 2.71 bits per heavy atom. The molecule has 150 valence electrons. The molecule has 2 N–H and O–H groups in total. The smallest absolute Gasteiger partial charge is 0.352 e. The summed E-state index contributed by atoms with van der Waals surface area (Å²) in [6.07, 6.45) is 1.61. The maximum atomic E-state index is 12.6. The summed E-state index contributed by atoms with van der Waals surface area (Å²) in [6, 6.07) is -0.827. The Balaban J connectivity index is 1.76. The molecule has 1 saturated heterocycles. The molecule has 0 bridgehead atoms. The average molecular weight is 408 g/mol. The lowest BCUT2D eigenvalue weighted by Crippen LogP contribution is -2.70. The van der Waals surface area contributed by atoms with Crippen LogP contribution in [0.3, 0.4) is 0 Å². The van der Waals surface area contributed by atoms with Crippen molar-refractivity contribution in [1.29, 1.82) is 0 Å². The Hall–Kier alpha value is -2.82. The number of carbonyl (C=O) groups is 4. The third kappa shape index (κ3) is 3.49. The van der Waals surface area contributed by atoms with Crippen LogP contribution in [0.25, 0.3) is 0 Å². The number of amides is 2. The second-order valence-electron chi connectivity index (χ2n) is 6.38. The Labute approximate surface area is 164 Å². The molecule has 2 aliphatic rings. The quantitative estimate of drug-likeness (QED) is 0.502. The zero-order chi connectivity index (χ0) is 20.6. The highest BCUT2D eigenvalue weighted by molar-refractivity contribution is 8.00. The van der Waals surface area contributed by atoms with E-state index in [4.69, 9.17) is 4.74 Å². The Morgan fingerprint density at radius 2 is 2.14 bits per heavy atom. The van der Waals surface area contributed by atoms with Crippen molar-refractivity contribution in [2.45, 2.75) is 38.7 Å². The maximum absolute atomic E-state index is 12.6. The van der Waals surface area contributed by atoms with Crippen LogP contribution in [0, 0.1) is 6.92 Å². The van der Waals surface area contributed by atoms with Crippen molar-refractivity contribution in [3.05, 3.63) is 28.7 Å². The van der Waals surface area contributed by atoms with Crippen molar-refractivity contribution in [2.24, 2.45) is 0 Å². The van der Waals surface area contributed by atoms with Crippen molar-refractivity contribution in [3.8, 4) is 0 Å². The number of carbonyl (C=O) groups excluding carboxylic acids is 3. The van der Waals surface area contributed by atoms with E-state index in [1.54, 1.807) is 17.8 Å². The molecule has 0 spiro atoms. The number of ether oxygens (including phenoxy) is 1. The number of thioether (sulfide) groups is 1. The number of aliphatic carboxylic acids is 1. The summed E-state index contributed by atoms with van der Waals surface area (Å²) in [5.41, 5.74) is 1.09. The van der Waals surface area contributed by atoms with Crippen molar-refractivity contribution in [1.82, 2.24) is 20.0 Å². The van der Waals surface area contributed by atoms with Gasteiger partial charge in [-0.1, -0.05) is 0 Å². The van der Waals surface area contributed by atoms with E-state index < -0.39 is 35.2 Å². The molecule has 0 radical (unpaired) electrons. The summed E-state index contributed by atoms with van der Waals surface area (Å²) in [4.78, 5) is 49.0. The molecule has 3 heterocycles. The molecule has 3 rings (SSSR count). The highest BCUT2D eigenvalue weighted by atomic mass is 32.2. The number of aryl methyl sites for hydroxylation is 2. The largest absolute Gasteiger partial charge is 0.477 e. The van der Waals surface area contributed by atoms with E-state index in [9.17, 15) is 24.3 Å². The predicted molar refractivity (Wildman–Crippen MR) is 98.3 cm³/mol. The molecular formula is C17H20N4O6S. The van der Waals surface area contributed by atoms with Gasteiger partial charge in [0.1, 0.15) is 23.7 Å². The van der Waals surface area contributed by atoms with Gasteiger partial charge in [0.25, 0.3) is 11.8 Å². The lowest BCUT2D eigenvalue weighted by Gasteiger charge is -2.49. The van der Waals surface area contributed by atoms with E-state index in [0.717, 1.165) is 4.90 Å². The zero-order valence-electron chi connectivity index (χ0n) is 15.6. The number of carboxylic acid groups (broad SMARTS) is 1. The lowest BCUT2D eigenvalue weighted by atomic mass is 10.0. The summed E-state index contributed by atoms with van der Waals surface area (Å²) in [5.74, 6) is -2.47. The molecule has 0 saturated carbocycles. The number of carboxylic acids is 1. The van der Waals surface area contributed by atoms with Gasteiger partial charge in [-0.2, -0.15) is 5.10 Å². The molecule has 1 fully saturated rings. The number of β-lactam (4-membered cyclic amide) rings is 1. The highest BCUT2D eigenvalue weighted by Gasteiger charge is 2.54. The van der Waals surface area contributed by atoms with E-state index in [-0.39, 0.29) is 18.1 Å². The van der Waals surface area contributed by atoms with Gasteiger partial charge in [0, 0.05) is 31.0 Å². The summed E-state index contributed by atoms with van der Waals surface area (Å²) in [5, 5.41) is 15.9. The van der Waals surface area contributed by atoms with Gasteiger partial charge in [-0.05, 0) is 13.8 Å². The fourth-order valence-corrected chi connectivity index (χ4v) is 4.43. The molecule has 0 aliphatic carbocycles. The van der Waals surface area contributed by atoms with Gasteiger partial charge in [-0.3, -0.25) is 24.0 Å². The van der Waals surface area contributed by atoms with Gasteiger partial charge in [0.15, 0.2) is 0 Å². The van der Waals surface area contributed by atoms with E-state index >= 15 is 0 Å². The average Bonchev–Trinajstić information content (AvgIpc) is 3.04. The standard InChI is InChI=1S/C17H20N4O6S/c1-4-20-5-11(8(2)19-20)14(23)18-12-15(24)21-13(17(25)26)10(6-27-9(3)22)7-28-16(12)21/h5,12,16H,4,6-7H2,1-3H3,(H,18,23)(H,25,26)/t12-,16-/m1/s1. The molecule has 0 unspecified atom stereocenters. The van der Waals surface area contributed by atoms with E-state index in [0.29, 0.717) is 23.4 Å². The van der Waals surface area contributed by atoms with Crippen LogP contribution in [0.1, 0.15) is 29.9 Å². The summed E-state index contributed by atoms with van der Waals surface area (Å²) in [6.45, 7) is 5.25. The fraction of sp³-hybridized carbons (Fsp3) is 0.471. The van der Waals surface area contributed by atoms with Crippen molar-refractivity contribution >= 4 is 35.5 Å². The lowest BCUT2D eigenvalue weighted by molar-refractivity contribution is -0.149. The molecule has 2 atom stereocenters.